The maximum absolute atomic E-state index is 2.39. The number of hydrogen-bond donors (Lipinski definition) is 0. The van der Waals surface area contributed by atoms with Crippen molar-refractivity contribution >= 4 is 5.69 Å². The van der Waals surface area contributed by atoms with E-state index >= 15 is 0 Å². The van der Waals surface area contributed by atoms with E-state index < -0.39 is 0 Å². The van der Waals surface area contributed by atoms with Crippen LogP contribution in [0.25, 0.3) is 0 Å². The van der Waals surface area contributed by atoms with Crippen LogP contribution in [0.5, 0.6) is 0 Å². The van der Waals surface area contributed by atoms with Crippen LogP contribution in [-0.4, -0.2) is 13.1 Å². The molecule has 1 aromatic carbocycles. The molecule has 1 nitrogen and oxygen atoms in total. The highest BCUT2D eigenvalue weighted by molar-refractivity contribution is 5.53. The second-order valence-corrected chi connectivity index (χ2v) is 4.52. The van der Waals surface area contributed by atoms with E-state index in [1.54, 1.807) is 0 Å². The Kier molecular flexibility index (Phi) is 4.19. The van der Waals surface area contributed by atoms with Crippen LogP contribution in [0.1, 0.15) is 32.8 Å². The molecule has 84 valence electrons. The summed E-state index contributed by atoms with van der Waals surface area (Å²) < 4.78 is 0. The number of hydrogen-bond acceptors (Lipinski definition) is 1. The van der Waals surface area contributed by atoms with Gasteiger partial charge in [-0.05, 0) is 31.4 Å². The Bertz CT molecular complexity index is 306. The first-order chi connectivity index (χ1) is 7.07. The summed E-state index contributed by atoms with van der Waals surface area (Å²) in [7, 11) is 2.19. The number of para-hydroxylation sites is 1. The van der Waals surface area contributed by atoms with Crippen molar-refractivity contribution in [2.45, 2.75) is 40.2 Å². The number of benzene rings is 1. The summed E-state index contributed by atoms with van der Waals surface area (Å²) >= 11 is 0. The van der Waals surface area contributed by atoms with Gasteiger partial charge in [0.1, 0.15) is 0 Å². The van der Waals surface area contributed by atoms with Crippen LogP contribution in [0.2, 0.25) is 0 Å². The van der Waals surface area contributed by atoms with Crippen LogP contribution in [0.15, 0.2) is 24.3 Å². The highest BCUT2D eigenvalue weighted by atomic mass is 15.1. The van der Waals surface area contributed by atoms with Gasteiger partial charge >= 0.3 is 0 Å². The standard InChI is InChI=1S/C14H23N/c1-6-11(2)13(4)15(5)14-10-8-7-9-12(14)3/h7-11,13H,6H2,1-5H3. The van der Waals surface area contributed by atoms with E-state index in [4.69, 9.17) is 0 Å². The molecule has 1 rings (SSSR count). The molecule has 0 aliphatic heterocycles. The van der Waals surface area contributed by atoms with E-state index in [9.17, 15) is 0 Å². The quantitative estimate of drug-likeness (QED) is 0.721. The second kappa shape index (κ2) is 5.20. The number of aryl methyl sites for hydroxylation is 1. The van der Waals surface area contributed by atoms with Crippen molar-refractivity contribution in [1.29, 1.82) is 0 Å². The van der Waals surface area contributed by atoms with Crippen molar-refractivity contribution in [1.82, 2.24) is 0 Å². The summed E-state index contributed by atoms with van der Waals surface area (Å²) in [6.07, 6.45) is 1.23. The molecular formula is C14H23N. The third kappa shape index (κ3) is 2.74. The van der Waals surface area contributed by atoms with Crippen LogP contribution >= 0.6 is 0 Å². The van der Waals surface area contributed by atoms with Crippen molar-refractivity contribution in [3.05, 3.63) is 29.8 Å². The van der Waals surface area contributed by atoms with E-state index in [-0.39, 0.29) is 0 Å². The maximum atomic E-state index is 2.39. The summed E-state index contributed by atoms with van der Waals surface area (Å²) in [6.45, 7) is 9.06. The van der Waals surface area contributed by atoms with E-state index in [1.165, 1.54) is 17.7 Å². The molecule has 1 heteroatoms. The Balaban J connectivity index is 2.85. The molecule has 0 bridgehead atoms. The average molecular weight is 205 g/mol. The molecular weight excluding hydrogens is 182 g/mol. The lowest BCUT2D eigenvalue weighted by Crippen LogP contribution is -2.34. The van der Waals surface area contributed by atoms with Gasteiger partial charge in [-0.25, -0.2) is 0 Å². The molecule has 0 saturated heterocycles. The summed E-state index contributed by atoms with van der Waals surface area (Å²) in [5.41, 5.74) is 2.71. The van der Waals surface area contributed by atoms with Crippen LogP contribution in [-0.2, 0) is 0 Å². The minimum Gasteiger partial charge on any atom is -0.371 e. The number of rotatable bonds is 4. The number of nitrogens with zero attached hydrogens (tertiary/aromatic N) is 1. The molecule has 15 heavy (non-hydrogen) atoms. The molecule has 0 aromatic heterocycles. The molecule has 2 unspecified atom stereocenters. The summed E-state index contributed by atoms with van der Waals surface area (Å²) in [5, 5.41) is 0. The third-order valence-electron chi connectivity index (χ3n) is 3.57. The van der Waals surface area contributed by atoms with Gasteiger partial charge < -0.3 is 4.90 Å². The molecule has 0 N–H and O–H groups in total. The van der Waals surface area contributed by atoms with Gasteiger partial charge in [-0.3, -0.25) is 0 Å². The van der Waals surface area contributed by atoms with Crippen LogP contribution in [0.4, 0.5) is 5.69 Å². The lowest BCUT2D eigenvalue weighted by Gasteiger charge is -2.32. The molecule has 1 aromatic rings. The topological polar surface area (TPSA) is 3.24 Å². The van der Waals surface area contributed by atoms with Crippen LogP contribution < -0.4 is 4.90 Å². The predicted molar refractivity (Wildman–Crippen MR) is 68.5 cm³/mol. The number of anilines is 1. The van der Waals surface area contributed by atoms with E-state index in [2.05, 4.69) is 63.9 Å². The van der Waals surface area contributed by atoms with E-state index in [0.717, 1.165) is 5.92 Å². The first-order valence-electron chi connectivity index (χ1n) is 5.86. The van der Waals surface area contributed by atoms with Crippen molar-refractivity contribution < 1.29 is 0 Å². The Morgan fingerprint density at radius 1 is 1.20 bits per heavy atom. The highest BCUT2D eigenvalue weighted by Crippen LogP contribution is 2.23. The molecule has 0 aliphatic carbocycles. The summed E-state index contributed by atoms with van der Waals surface area (Å²) in [5.74, 6) is 0.731. The summed E-state index contributed by atoms with van der Waals surface area (Å²) in [6, 6.07) is 9.18. The second-order valence-electron chi connectivity index (χ2n) is 4.52. The third-order valence-corrected chi connectivity index (χ3v) is 3.57. The normalized spacial score (nSPS) is 14.7. The first kappa shape index (κ1) is 12.1. The Morgan fingerprint density at radius 2 is 1.80 bits per heavy atom. The highest BCUT2D eigenvalue weighted by Gasteiger charge is 2.16. The van der Waals surface area contributed by atoms with E-state index in [0.29, 0.717) is 6.04 Å². The van der Waals surface area contributed by atoms with Crippen molar-refractivity contribution in [2.24, 2.45) is 5.92 Å². The van der Waals surface area contributed by atoms with Gasteiger partial charge in [-0.15, -0.1) is 0 Å². The van der Waals surface area contributed by atoms with Gasteiger partial charge in [-0.1, -0.05) is 38.5 Å². The molecule has 0 heterocycles. The largest absolute Gasteiger partial charge is 0.371 e. The smallest absolute Gasteiger partial charge is 0.0395 e. The fourth-order valence-corrected chi connectivity index (χ4v) is 1.90. The molecule has 2 atom stereocenters. The Morgan fingerprint density at radius 3 is 2.33 bits per heavy atom. The molecule has 0 aliphatic rings. The molecule has 0 amide bonds. The van der Waals surface area contributed by atoms with Gasteiger partial charge in [0.15, 0.2) is 0 Å². The van der Waals surface area contributed by atoms with Gasteiger partial charge in [-0.2, -0.15) is 0 Å². The van der Waals surface area contributed by atoms with Crippen LogP contribution in [0, 0.1) is 12.8 Å². The Labute approximate surface area is 94.1 Å². The lowest BCUT2D eigenvalue weighted by molar-refractivity contribution is 0.453. The molecule has 0 spiro atoms. The molecule has 0 fully saturated rings. The zero-order valence-electron chi connectivity index (χ0n) is 10.6. The molecule has 0 saturated carbocycles. The predicted octanol–water partition coefficient (Wildman–Crippen LogP) is 3.87. The minimum absolute atomic E-state index is 0.594. The minimum atomic E-state index is 0.594. The first-order valence-corrected chi connectivity index (χ1v) is 5.86. The zero-order valence-corrected chi connectivity index (χ0v) is 10.6. The SMILES string of the molecule is CCC(C)C(C)N(C)c1ccccc1C. The van der Waals surface area contributed by atoms with Crippen molar-refractivity contribution in [2.75, 3.05) is 11.9 Å². The van der Waals surface area contributed by atoms with Gasteiger partial charge in [0, 0.05) is 18.8 Å². The fraction of sp³-hybridized carbons (Fsp3) is 0.571. The average Bonchev–Trinajstić information content (AvgIpc) is 2.26. The van der Waals surface area contributed by atoms with Crippen molar-refractivity contribution in [3.8, 4) is 0 Å². The maximum Gasteiger partial charge on any atom is 0.0395 e. The monoisotopic (exact) mass is 205 g/mol. The summed E-state index contributed by atoms with van der Waals surface area (Å²) in [4.78, 5) is 2.39. The van der Waals surface area contributed by atoms with Crippen molar-refractivity contribution in [3.63, 3.8) is 0 Å². The van der Waals surface area contributed by atoms with Gasteiger partial charge in [0.25, 0.3) is 0 Å². The fourth-order valence-electron chi connectivity index (χ4n) is 1.90. The molecule has 0 radical (unpaired) electrons. The lowest BCUT2D eigenvalue weighted by atomic mass is 9.98. The van der Waals surface area contributed by atoms with Crippen LogP contribution in [0.3, 0.4) is 0 Å². The Hall–Kier alpha value is -0.980. The van der Waals surface area contributed by atoms with E-state index in [1.807, 2.05) is 0 Å². The van der Waals surface area contributed by atoms with Gasteiger partial charge in [0.2, 0.25) is 0 Å². The zero-order chi connectivity index (χ0) is 11.4. The van der Waals surface area contributed by atoms with Gasteiger partial charge in [0.05, 0.1) is 0 Å².